The Bertz CT molecular complexity index is 934. The van der Waals surface area contributed by atoms with Gasteiger partial charge in [-0.15, -0.1) is 11.3 Å². The number of aromatic nitrogens is 1. The molecule has 1 fully saturated rings. The molecule has 0 saturated carbocycles. The number of aryl methyl sites for hydroxylation is 1. The first kappa shape index (κ1) is 22.0. The minimum absolute atomic E-state index is 0.0396. The Morgan fingerprint density at radius 1 is 1.13 bits per heavy atom. The second-order valence-electron chi connectivity index (χ2n) is 8.58. The van der Waals surface area contributed by atoms with Crippen molar-refractivity contribution in [2.75, 3.05) is 13.1 Å². The summed E-state index contributed by atoms with van der Waals surface area (Å²) in [6.45, 7) is 8.43. The van der Waals surface area contributed by atoms with Gasteiger partial charge in [-0.25, -0.2) is 4.98 Å². The zero-order valence-electron chi connectivity index (χ0n) is 17.8. The summed E-state index contributed by atoms with van der Waals surface area (Å²) in [6, 6.07) is 9.65. The van der Waals surface area contributed by atoms with Crippen LogP contribution in [-0.4, -0.2) is 40.7 Å². The molecule has 1 aromatic heterocycles. The van der Waals surface area contributed by atoms with E-state index in [-0.39, 0.29) is 23.6 Å². The van der Waals surface area contributed by atoms with E-state index in [9.17, 15) is 14.4 Å². The van der Waals surface area contributed by atoms with E-state index in [4.69, 9.17) is 0 Å². The third-order valence-corrected chi connectivity index (χ3v) is 6.25. The minimum atomic E-state index is -0.479. The maximum Gasteiger partial charge on any atom is 0.281 e. The number of hydrogen-bond donors (Lipinski definition) is 2. The summed E-state index contributed by atoms with van der Waals surface area (Å²) in [5.41, 5.74) is 6.11. The van der Waals surface area contributed by atoms with Crippen LogP contribution in [0.5, 0.6) is 0 Å². The minimum Gasteiger partial charge on any atom is -0.341 e. The van der Waals surface area contributed by atoms with E-state index in [1.807, 2.05) is 51.1 Å². The summed E-state index contributed by atoms with van der Waals surface area (Å²) >= 11 is 1.29. The number of hydrazine groups is 1. The van der Waals surface area contributed by atoms with Gasteiger partial charge in [-0.05, 0) is 19.8 Å². The van der Waals surface area contributed by atoms with Gasteiger partial charge in [-0.3, -0.25) is 25.2 Å². The highest BCUT2D eigenvalue weighted by molar-refractivity contribution is 7.17. The molecule has 30 heavy (non-hydrogen) atoms. The topological polar surface area (TPSA) is 91.4 Å². The number of nitrogens with zero attached hydrogens (tertiary/aromatic N) is 2. The van der Waals surface area contributed by atoms with Crippen LogP contribution in [0.1, 0.15) is 49.0 Å². The number of hydrogen-bond acceptors (Lipinski definition) is 5. The van der Waals surface area contributed by atoms with Crippen molar-refractivity contribution < 1.29 is 14.4 Å². The van der Waals surface area contributed by atoms with Gasteiger partial charge >= 0.3 is 0 Å². The Kier molecular flexibility index (Phi) is 6.55. The number of benzene rings is 1. The molecule has 8 heteroatoms. The summed E-state index contributed by atoms with van der Waals surface area (Å²) < 4.78 is 0. The van der Waals surface area contributed by atoms with E-state index >= 15 is 0 Å². The monoisotopic (exact) mass is 428 g/mol. The fourth-order valence-electron chi connectivity index (χ4n) is 3.44. The Morgan fingerprint density at radius 3 is 2.50 bits per heavy atom. The van der Waals surface area contributed by atoms with Gasteiger partial charge < -0.3 is 4.90 Å². The zero-order chi connectivity index (χ0) is 21.9. The maximum atomic E-state index is 12.6. The quantitative estimate of drug-likeness (QED) is 0.735. The summed E-state index contributed by atoms with van der Waals surface area (Å²) in [5, 5.41) is 0.758. The van der Waals surface area contributed by atoms with Gasteiger partial charge in [0.15, 0.2) is 0 Å². The van der Waals surface area contributed by atoms with Crippen LogP contribution < -0.4 is 10.9 Å². The largest absolute Gasteiger partial charge is 0.341 e. The van der Waals surface area contributed by atoms with Gasteiger partial charge in [-0.2, -0.15) is 0 Å². The molecule has 1 aliphatic rings. The molecule has 160 valence electrons. The van der Waals surface area contributed by atoms with E-state index in [1.165, 1.54) is 11.3 Å². The lowest BCUT2D eigenvalue weighted by molar-refractivity contribution is -0.143. The van der Waals surface area contributed by atoms with E-state index in [0.29, 0.717) is 30.1 Å². The van der Waals surface area contributed by atoms with Crippen LogP contribution in [0.15, 0.2) is 30.3 Å². The van der Waals surface area contributed by atoms with Gasteiger partial charge in [-0.1, -0.05) is 51.1 Å². The molecule has 7 nitrogen and oxygen atoms in total. The van der Waals surface area contributed by atoms with Crippen LogP contribution in [-0.2, 0) is 9.59 Å². The van der Waals surface area contributed by atoms with Crippen molar-refractivity contribution in [2.45, 2.75) is 40.5 Å². The van der Waals surface area contributed by atoms with Gasteiger partial charge in [0.05, 0.1) is 11.6 Å². The van der Waals surface area contributed by atoms with Crippen molar-refractivity contribution in [1.29, 1.82) is 0 Å². The highest BCUT2D eigenvalue weighted by atomic mass is 32.1. The lowest BCUT2D eigenvalue weighted by Crippen LogP contribution is -2.51. The summed E-state index contributed by atoms with van der Waals surface area (Å²) in [5.74, 6) is -0.968. The smallest absolute Gasteiger partial charge is 0.281 e. The summed E-state index contributed by atoms with van der Waals surface area (Å²) in [4.78, 5) is 44.4. The molecular weight excluding hydrogens is 400 g/mol. The normalized spacial score (nSPS) is 16.8. The molecule has 0 bridgehead atoms. The number of nitrogens with one attached hydrogen (secondary N) is 2. The fraction of sp³-hybridized carbons (Fsp3) is 0.455. The first-order chi connectivity index (χ1) is 14.2. The van der Waals surface area contributed by atoms with Crippen LogP contribution in [0.2, 0.25) is 0 Å². The van der Waals surface area contributed by atoms with E-state index < -0.39 is 5.41 Å². The molecule has 0 aliphatic carbocycles. The van der Waals surface area contributed by atoms with Gasteiger partial charge in [0.25, 0.3) is 5.91 Å². The van der Waals surface area contributed by atoms with Crippen LogP contribution in [0.3, 0.4) is 0 Å². The van der Waals surface area contributed by atoms with E-state index in [1.54, 1.807) is 11.8 Å². The van der Waals surface area contributed by atoms with Gasteiger partial charge in [0.2, 0.25) is 11.8 Å². The molecule has 1 atom stereocenters. The molecule has 2 N–H and O–H groups in total. The Morgan fingerprint density at radius 2 is 1.83 bits per heavy atom. The highest BCUT2D eigenvalue weighted by Crippen LogP contribution is 2.27. The molecular formula is C22H28N4O3S. The predicted molar refractivity (Wildman–Crippen MR) is 117 cm³/mol. The van der Waals surface area contributed by atoms with Crippen molar-refractivity contribution in [3.05, 3.63) is 40.9 Å². The number of rotatable bonds is 3. The number of carbonyl (C=O) groups excluding carboxylic acids is 3. The fourth-order valence-corrected chi connectivity index (χ4v) is 4.41. The number of thiazole rings is 1. The van der Waals surface area contributed by atoms with Crippen molar-refractivity contribution >= 4 is 29.1 Å². The van der Waals surface area contributed by atoms with Gasteiger partial charge in [0.1, 0.15) is 9.88 Å². The lowest BCUT2D eigenvalue weighted by Gasteiger charge is -2.35. The number of amides is 3. The lowest BCUT2D eigenvalue weighted by atomic mass is 9.91. The molecule has 1 saturated heterocycles. The van der Waals surface area contributed by atoms with Crippen molar-refractivity contribution in [1.82, 2.24) is 20.7 Å². The zero-order valence-corrected chi connectivity index (χ0v) is 18.6. The predicted octanol–water partition coefficient (Wildman–Crippen LogP) is 3.16. The Hall–Kier alpha value is -2.74. The highest BCUT2D eigenvalue weighted by Gasteiger charge is 2.33. The van der Waals surface area contributed by atoms with Crippen LogP contribution in [0.25, 0.3) is 10.6 Å². The van der Waals surface area contributed by atoms with E-state index in [0.717, 1.165) is 17.0 Å². The Labute approximate surface area is 180 Å². The maximum absolute atomic E-state index is 12.6. The molecule has 1 aromatic carbocycles. The molecule has 0 radical (unpaired) electrons. The van der Waals surface area contributed by atoms with Crippen LogP contribution >= 0.6 is 11.3 Å². The van der Waals surface area contributed by atoms with Gasteiger partial charge in [0, 0.05) is 24.1 Å². The average Bonchev–Trinajstić information content (AvgIpc) is 3.13. The molecule has 0 spiro atoms. The SMILES string of the molecule is Cc1nc(-c2ccccc2)sc1C(=O)NNC(=O)C1CCCN(C(=O)C(C)(C)C)C1. The second-order valence-corrected chi connectivity index (χ2v) is 9.58. The van der Waals surface area contributed by atoms with Crippen LogP contribution in [0, 0.1) is 18.3 Å². The number of piperidine rings is 1. The van der Waals surface area contributed by atoms with E-state index in [2.05, 4.69) is 15.8 Å². The second kappa shape index (κ2) is 8.95. The van der Waals surface area contributed by atoms with Crippen molar-refractivity contribution in [3.63, 3.8) is 0 Å². The standard InChI is InChI=1S/C22H28N4O3S/c1-14-17(30-20(23-14)15-9-6-5-7-10-15)19(28)25-24-18(27)16-11-8-12-26(13-16)21(29)22(2,3)4/h5-7,9-10,16H,8,11-13H2,1-4H3,(H,24,27)(H,25,28). The first-order valence-corrected chi connectivity index (χ1v) is 10.9. The molecule has 3 rings (SSSR count). The molecule has 2 heterocycles. The van der Waals surface area contributed by atoms with Crippen molar-refractivity contribution in [2.24, 2.45) is 11.3 Å². The average molecular weight is 429 g/mol. The summed E-state index contributed by atoms with van der Waals surface area (Å²) in [7, 11) is 0. The third kappa shape index (κ3) is 5.05. The molecule has 1 aliphatic heterocycles. The number of carbonyl (C=O) groups is 3. The third-order valence-electron chi connectivity index (χ3n) is 5.04. The van der Waals surface area contributed by atoms with Crippen molar-refractivity contribution in [3.8, 4) is 10.6 Å². The molecule has 2 aromatic rings. The summed E-state index contributed by atoms with van der Waals surface area (Å²) in [6.07, 6.45) is 1.45. The Balaban J connectivity index is 1.59. The molecule has 3 amide bonds. The van der Waals surface area contributed by atoms with Crippen LogP contribution in [0.4, 0.5) is 0 Å². The molecule has 1 unspecified atom stereocenters. The number of likely N-dealkylation sites (tertiary alicyclic amines) is 1. The first-order valence-electron chi connectivity index (χ1n) is 10.1.